The smallest absolute Gasteiger partial charge is 0.257 e. The van der Waals surface area contributed by atoms with Gasteiger partial charge in [-0.05, 0) is 17.7 Å². The predicted molar refractivity (Wildman–Crippen MR) is 83.7 cm³/mol. The summed E-state index contributed by atoms with van der Waals surface area (Å²) in [6, 6.07) is 14.9. The summed E-state index contributed by atoms with van der Waals surface area (Å²) in [5, 5.41) is 2.89. The normalized spacial score (nSPS) is 17.1. The molecule has 0 fully saturated rings. The van der Waals surface area contributed by atoms with Crippen LogP contribution in [0.4, 0.5) is 5.69 Å². The molecule has 1 aliphatic heterocycles. The molecule has 1 heterocycles. The molecular formula is C17H18N2O3. The highest BCUT2D eigenvalue weighted by molar-refractivity contribution is 6.02. The van der Waals surface area contributed by atoms with Crippen molar-refractivity contribution in [1.82, 2.24) is 5.32 Å². The second kappa shape index (κ2) is 6.49. The molecule has 2 aromatic rings. The zero-order valence-corrected chi connectivity index (χ0v) is 12.1. The van der Waals surface area contributed by atoms with Crippen molar-refractivity contribution in [3.8, 4) is 5.75 Å². The molecule has 1 aliphatic rings. The lowest BCUT2D eigenvalue weighted by molar-refractivity contribution is 0.0741. The number of hydrogen-bond acceptors (Lipinski definition) is 4. The van der Waals surface area contributed by atoms with Crippen molar-refractivity contribution in [1.29, 1.82) is 0 Å². The van der Waals surface area contributed by atoms with Gasteiger partial charge >= 0.3 is 0 Å². The summed E-state index contributed by atoms with van der Waals surface area (Å²) in [6.07, 6.45) is 0. The van der Waals surface area contributed by atoms with Crippen LogP contribution in [0, 0.1) is 0 Å². The fraction of sp³-hybridized carbons (Fsp3) is 0.235. The van der Waals surface area contributed by atoms with Crippen molar-refractivity contribution in [3.05, 3.63) is 59.7 Å². The number of amides is 1. The van der Waals surface area contributed by atoms with Crippen LogP contribution in [0.2, 0.25) is 0 Å². The van der Waals surface area contributed by atoms with Crippen molar-refractivity contribution in [2.24, 2.45) is 0 Å². The lowest BCUT2D eigenvalue weighted by Gasteiger charge is -2.15. The largest absolute Gasteiger partial charge is 0.490 e. The first-order valence-corrected chi connectivity index (χ1v) is 7.18. The second-order valence-electron chi connectivity index (χ2n) is 5.20. The van der Waals surface area contributed by atoms with Crippen molar-refractivity contribution in [2.75, 3.05) is 18.9 Å². The quantitative estimate of drug-likeness (QED) is 0.847. The van der Waals surface area contributed by atoms with Gasteiger partial charge in [-0.25, -0.2) is 0 Å². The molecule has 2 aromatic carbocycles. The Morgan fingerprint density at radius 2 is 2.00 bits per heavy atom. The molecule has 0 bridgehead atoms. The fourth-order valence-electron chi connectivity index (χ4n) is 2.38. The van der Waals surface area contributed by atoms with Gasteiger partial charge in [0.25, 0.3) is 5.91 Å². The van der Waals surface area contributed by atoms with Gasteiger partial charge < -0.3 is 20.5 Å². The van der Waals surface area contributed by atoms with E-state index < -0.39 is 0 Å². The summed E-state index contributed by atoms with van der Waals surface area (Å²) >= 11 is 0. The summed E-state index contributed by atoms with van der Waals surface area (Å²) in [7, 11) is 0. The van der Waals surface area contributed by atoms with Crippen molar-refractivity contribution in [2.45, 2.75) is 12.6 Å². The van der Waals surface area contributed by atoms with Crippen molar-refractivity contribution in [3.63, 3.8) is 0 Å². The molecule has 0 unspecified atom stereocenters. The van der Waals surface area contributed by atoms with E-state index >= 15 is 0 Å². The first-order valence-electron chi connectivity index (χ1n) is 7.18. The third-order valence-electron chi connectivity index (χ3n) is 3.49. The maximum atomic E-state index is 12.2. The predicted octanol–water partition coefficient (Wildman–Crippen LogP) is 1.98. The molecule has 1 amide bonds. The van der Waals surface area contributed by atoms with Crippen LogP contribution in [0.15, 0.2) is 48.5 Å². The number of anilines is 1. The number of benzene rings is 2. The van der Waals surface area contributed by atoms with Crippen molar-refractivity contribution < 1.29 is 14.3 Å². The molecule has 0 radical (unpaired) electrons. The van der Waals surface area contributed by atoms with Gasteiger partial charge in [-0.1, -0.05) is 36.4 Å². The Morgan fingerprint density at radius 1 is 1.18 bits per heavy atom. The Kier molecular flexibility index (Phi) is 4.25. The summed E-state index contributed by atoms with van der Waals surface area (Å²) in [6.45, 7) is 1.24. The zero-order chi connectivity index (χ0) is 15.4. The lowest BCUT2D eigenvalue weighted by atomic mass is 10.1. The number of rotatable bonds is 4. The molecule has 5 heteroatoms. The van der Waals surface area contributed by atoms with Crippen LogP contribution in [0.1, 0.15) is 15.9 Å². The minimum atomic E-state index is -0.223. The highest BCUT2D eigenvalue weighted by Gasteiger charge is 2.24. The molecule has 114 valence electrons. The Bertz CT molecular complexity index is 658. The van der Waals surface area contributed by atoms with Crippen LogP contribution >= 0.6 is 0 Å². The second-order valence-corrected chi connectivity index (χ2v) is 5.20. The van der Waals surface area contributed by atoms with Gasteiger partial charge in [0.2, 0.25) is 0 Å². The maximum Gasteiger partial charge on any atom is 0.257 e. The number of fused-ring (bicyclic) bond motifs is 1. The fourth-order valence-corrected chi connectivity index (χ4v) is 2.38. The molecule has 1 atom stereocenters. The zero-order valence-electron chi connectivity index (χ0n) is 12.1. The minimum absolute atomic E-state index is 0.206. The summed E-state index contributed by atoms with van der Waals surface area (Å²) in [5.41, 5.74) is 7.76. The van der Waals surface area contributed by atoms with E-state index in [0.29, 0.717) is 36.8 Å². The van der Waals surface area contributed by atoms with Gasteiger partial charge in [0.05, 0.1) is 19.3 Å². The minimum Gasteiger partial charge on any atom is -0.490 e. The number of nitrogens with one attached hydrogen (secondary N) is 1. The molecule has 3 N–H and O–H groups in total. The number of nitrogen functional groups attached to an aromatic ring is 1. The molecule has 0 aromatic heterocycles. The molecule has 3 rings (SSSR count). The third kappa shape index (κ3) is 3.20. The first-order chi connectivity index (χ1) is 10.7. The molecule has 22 heavy (non-hydrogen) atoms. The standard InChI is InChI=1S/C17H18N2O3/c18-14-7-4-8-15-16(14)17(20)19-13(11-22-15)10-21-9-12-5-2-1-3-6-12/h1-8,13H,9-11,18H2,(H,19,20)/t13-/m0/s1. The lowest BCUT2D eigenvalue weighted by Crippen LogP contribution is -2.40. The van der Waals surface area contributed by atoms with Crippen LogP contribution in [0.25, 0.3) is 0 Å². The van der Waals surface area contributed by atoms with Crippen molar-refractivity contribution >= 4 is 11.6 Å². The highest BCUT2D eigenvalue weighted by Crippen LogP contribution is 2.26. The van der Waals surface area contributed by atoms with E-state index in [9.17, 15) is 4.79 Å². The van der Waals surface area contributed by atoms with E-state index in [1.807, 2.05) is 30.3 Å². The first kappa shape index (κ1) is 14.4. The van der Waals surface area contributed by atoms with Gasteiger partial charge in [-0.15, -0.1) is 0 Å². The van der Waals surface area contributed by atoms with Gasteiger partial charge in [-0.2, -0.15) is 0 Å². The molecule has 0 saturated carbocycles. The molecule has 5 nitrogen and oxygen atoms in total. The van der Waals surface area contributed by atoms with E-state index in [1.54, 1.807) is 18.2 Å². The summed E-state index contributed by atoms with van der Waals surface area (Å²) in [5.74, 6) is 0.293. The average Bonchev–Trinajstić information content (AvgIpc) is 2.68. The molecule has 0 aliphatic carbocycles. The van der Waals surface area contributed by atoms with Gasteiger partial charge in [0.1, 0.15) is 17.9 Å². The number of nitrogens with two attached hydrogens (primary N) is 1. The van der Waals surface area contributed by atoms with Crippen LogP contribution in [-0.2, 0) is 11.3 Å². The molecule has 0 spiro atoms. The summed E-state index contributed by atoms with van der Waals surface area (Å²) in [4.78, 5) is 12.2. The number of carbonyl (C=O) groups excluding carboxylic acids is 1. The van der Waals surface area contributed by atoms with Crippen LogP contribution in [0.5, 0.6) is 5.75 Å². The Labute approximate surface area is 129 Å². The monoisotopic (exact) mass is 298 g/mol. The van der Waals surface area contributed by atoms with Crippen LogP contribution in [0.3, 0.4) is 0 Å². The van der Waals surface area contributed by atoms with E-state index in [4.69, 9.17) is 15.2 Å². The van der Waals surface area contributed by atoms with Gasteiger partial charge in [-0.3, -0.25) is 4.79 Å². The molecule has 0 saturated heterocycles. The molecular weight excluding hydrogens is 280 g/mol. The topological polar surface area (TPSA) is 73.6 Å². The number of carbonyl (C=O) groups is 1. The number of ether oxygens (including phenoxy) is 2. The van der Waals surface area contributed by atoms with E-state index in [2.05, 4.69) is 5.32 Å². The van der Waals surface area contributed by atoms with E-state index in [1.165, 1.54) is 0 Å². The Balaban J connectivity index is 1.59. The van der Waals surface area contributed by atoms with Crippen LogP contribution in [-0.4, -0.2) is 25.2 Å². The maximum absolute atomic E-state index is 12.2. The third-order valence-corrected chi connectivity index (χ3v) is 3.49. The van der Waals surface area contributed by atoms with E-state index in [-0.39, 0.29) is 11.9 Å². The van der Waals surface area contributed by atoms with Gasteiger partial charge in [0, 0.05) is 5.69 Å². The highest BCUT2D eigenvalue weighted by atomic mass is 16.5. The Hall–Kier alpha value is -2.53. The SMILES string of the molecule is Nc1cccc2c1C(=O)N[C@@H](COCc1ccccc1)CO2. The summed E-state index contributed by atoms with van der Waals surface area (Å²) < 4.78 is 11.3. The van der Waals surface area contributed by atoms with Crippen LogP contribution < -0.4 is 15.8 Å². The van der Waals surface area contributed by atoms with Gasteiger partial charge in [0.15, 0.2) is 0 Å². The average molecular weight is 298 g/mol. The Morgan fingerprint density at radius 3 is 2.82 bits per heavy atom. The number of hydrogen-bond donors (Lipinski definition) is 2. The van der Waals surface area contributed by atoms with E-state index in [0.717, 1.165) is 5.56 Å².